The van der Waals surface area contributed by atoms with E-state index in [0.29, 0.717) is 11.3 Å². The number of anilines is 1. The maximum atomic E-state index is 11.5. The molecule has 2 amide bonds. The van der Waals surface area contributed by atoms with Crippen molar-refractivity contribution in [1.29, 1.82) is 0 Å². The Morgan fingerprint density at radius 2 is 1.85 bits per heavy atom. The van der Waals surface area contributed by atoms with E-state index in [2.05, 4.69) is 10.6 Å². The number of ether oxygens (including phenoxy) is 1. The molecule has 0 radical (unpaired) electrons. The molecular formula is C14H16N2O4. The van der Waals surface area contributed by atoms with Crippen LogP contribution in [0.5, 0.6) is 0 Å². The molecule has 0 saturated carbocycles. The highest BCUT2D eigenvalue weighted by molar-refractivity contribution is 5.96. The molecule has 0 fully saturated rings. The van der Waals surface area contributed by atoms with Gasteiger partial charge in [0.05, 0.1) is 0 Å². The second kappa shape index (κ2) is 7.73. The summed E-state index contributed by atoms with van der Waals surface area (Å²) >= 11 is 0. The minimum Gasteiger partial charge on any atom is -0.452 e. The van der Waals surface area contributed by atoms with E-state index in [4.69, 9.17) is 4.74 Å². The first-order valence-corrected chi connectivity index (χ1v) is 5.98. The van der Waals surface area contributed by atoms with Gasteiger partial charge in [-0.25, -0.2) is 4.79 Å². The van der Waals surface area contributed by atoms with Crippen LogP contribution in [0.25, 0.3) is 0 Å². The third-order valence-corrected chi connectivity index (χ3v) is 2.31. The second-order valence-electron chi connectivity index (χ2n) is 3.81. The molecule has 0 saturated heterocycles. The fraction of sp³-hybridized carbons (Fsp3) is 0.214. The summed E-state index contributed by atoms with van der Waals surface area (Å²) in [5, 5.41) is 5.05. The van der Waals surface area contributed by atoms with Gasteiger partial charge >= 0.3 is 5.97 Å². The Morgan fingerprint density at radius 1 is 1.20 bits per heavy atom. The predicted molar refractivity (Wildman–Crippen MR) is 74.2 cm³/mol. The van der Waals surface area contributed by atoms with Gasteiger partial charge in [0.15, 0.2) is 6.61 Å². The Bertz CT molecular complexity index is 520. The van der Waals surface area contributed by atoms with Crippen molar-refractivity contribution in [3.05, 3.63) is 42.0 Å². The molecule has 1 rings (SSSR count). The third kappa shape index (κ3) is 4.93. The number of hydrogen-bond donors (Lipinski definition) is 2. The number of esters is 1. The van der Waals surface area contributed by atoms with Gasteiger partial charge in [-0.05, 0) is 31.2 Å². The number of rotatable bonds is 5. The molecule has 2 N–H and O–H groups in total. The zero-order valence-corrected chi connectivity index (χ0v) is 11.3. The largest absolute Gasteiger partial charge is 0.452 e. The van der Waals surface area contributed by atoms with Crippen LogP contribution in [0.15, 0.2) is 36.4 Å². The number of allylic oxidation sites excluding steroid dienone is 1. The van der Waals surface area contributed by atoms with Crippen LogP contribution in [0.1, 0.15) is 17.3 Å². The highest BCUT2D eigenvalue weighted by Crippen LogP contribution is 2.09. The first-order chi connectivity index (χ1) is 9.56. The Kier molecular flexibility index (Phi) is 5.96. The van der Waals surface area contributed by atoms with E-state index in [1.165, 1.54) is 19.2 Å². The number of carbonyl (C=O) groups is 3. The van der Waals surface area contributed by atoms with Crippen LogP contribution in [0, 0.1) is 0 Å². The molecule has 1 aromatic carbocycles. The Morgan fingerprint density at radius 3 is 2.40 bits per heavy atom. The van der Waals surface area contributed by atoms with Gasteiger partial charge in [0.25, 0.3) is 11.8 Å². The maximum Gasteiger partial charge on any atom is 0.330 e. The smallest absolute Gasteiger partial charge is 0.330 e. The summed E-state index contributed by atoms with van der Waals surface area (Å²) in [4.78, 5) is 33.8. The lowest BCUT2D eigenvalue weighted by Crippen LogP contribution is -2.20. The van der Waals surface area contributed by atoms with Crippen molar-refractivity contribution in [2.75, 3.05) is 19.0 Å². The van der Waals surface area contributed by atoms with Gasteiger partial charge in [-0.1, -0.05) is 6.08 Å². The molecule has 0 aliphatic heterocycles. The van der Waals surface area contributed by atoms with Crippen LogP contribution >= 0.6 is 0 Å². The van der Waals surface area contributed by atoms with Gasteiger partial charge in [0.1, 0.15) is 0 Å². The molecule has 0 aliphatic carbocycles. The number of benzene rings is 1. The van der Waals surface area contributed by atoms with Gasteiger partial charge in [-0.3, -0.25) is 9.59 Å². The highest BCUT2D eigenvalue weighted by atomic mass is 16.5. The van der Waals surface area contributed by atoms with Gasteiger partial charge in [0, 0.05) is 24.4 Å². The summed E-state index contributed by atoms with van der Waals surface area (Å²) in [5.74, 6) is -1.23. The molecular weight excluding hydrogens is 260 g/mol. The highest BCUT2D eigenvalue weighted by Gasteiger charge is 2.06. The minimum atomic E-state index is -0.572. The molecule has 6 nitrogen and oxygen atoms in total. The molecule has 6 heteroatoms. The van der Waals surface area contributed by atoms with E-state index >= 15 is 0 Å². The van der Waals surface area contributed by atoms with Crippen LogP contribution in [0.3, 0.4) is 0 Å². The summed E-state index contributed by atoms with van der Waals surface area (Å²) in [5.41, 5.74) is 1.01. The van der Waals surface area contributed by atoms with E-state index in [0.717, 1.165) is 0 Å². The fourth-order valence-electron chi connectivity index (χ4n) is 1.37. The van der Waals surface area contributed by atoms with Crippen molar-refractivity contribution in [3.63, 3.8) is 0 Å². The fourth-order valence-corrected chi connectivity index (χ4v) is 1.37. The number of carbonyl (C=O) groups excluding carboxylic acids is 3. The van der Waals surface area contributed by atoms with Gasteiger partial charge in [-0.15, -0.1) is 0 Å². The summed E-state index contributed by atoms with van der Waals surface area (Å²) in [7, 11) is 1.54. The topological polar surface area (TPSA) is 84.5 Å². The molecule has 0 unspecified atom stereocenters. The monoisotopic (exact) mass is 276 g/mol. The van der Waals surface area contributed by atoms with E-state index < -0.39 is 11.9 Å². The number of amides is 2. The quantitative estimate of drug-likeness (QED) is 0.623. The molecule has 0 aliphatic rings. The van der Waals surface area contributed by atoms with E-state index in [1.807, 2.05) is 0 Å². The van der Waals surface area contributed by atoms with Crippen molar-refractivity contribution >= 4 is 23.5 Å². The first kappa shape index (κ1) is 15.4. The minimum absolute atomic E-state index is 0.205. The van der Waals surface area contributed by atoms with Crippen molar-refractivity contribution in [2.45, 2.75) is 6.92 Å². The maximum absolute atomic E-state index is 11.5. The molecule has 1 aromatic rings. The first-order valence-electron chi connectivity index (χ1n) is 5.98. The zero-order chi connectivity index (χ0) is 15.0. The summed E-state index contributed by atoms with van der Waals surface area (Å²) in [6.45, 7) is 1.32. The van der Waals surface area contributed by atoms with E-state index in [-0.39, 0.29) is 12.5 Å². The Labute approximate surface area is 116 Å². The lowest BCUT2D eigenvalue weighted by atomic mass is 10.2. The molecule has 106 valence electrons. The van der Waals surface area contributed by atoms with Crippen LogP contribution in [0.4, 0.5) is 5.69 Å². The van der Waals surface area contributed by atoms with E-state index in [1.54, 1.807) is 31.2 Å². The van der Waals surface area contributed by atoms with Crippen LogP contribution in [0.2, 0.25) is 0 Å². The Hall–Kier alpha value is -2.63. The average Bonchev–Trinajstić information content (AvgIpc) is 2.45. The van der Waals surface area contributed by atoms with Gasteiger partial charge in [0.2, 0.25) is 0 Å². The van der Waals surface area contributed by atoms with Crippen molar-refractivity contribution in [3.8, 4) is 0 Å². The molecule has 0 aromatic heterocycles. The molecule has 20 heavy (non-hydrogen) atoms. The Balaban J connectivity index is 2.50. The van der Waals surface area contributed by atoms with Crippen molar-refractivity contribution in [1.82, 2.24) is 5.32 Å². The van der Waals surface area contributed by atoms with Gasteiger partial charge < -0.3 is 15.4 Å². The zero-order valence-electron chi connectivity index (χ0n) is 11.3. The molecule has 0 spiro atoms. The van der Waals surface area contributed by atoms with Crippen LogP contribution in [-0.4, -0.2) is 31.4 Å². The lowest BCUT2D eigenvalue weighted by molar-refractivity contribution is -0.142. The van der Waals surface area contributed by atoms with Crippen LogP contribution in [-0.2, 0) is 14.3 Å². The average molecular weight is 276 g/mol. The van der Waals surface area contributed by atoms with Crippen molar-refractivity contribution in [2.24, 2.45) is 0 Å². The predicted octanol–water partition coefficient (Wildman–Crippen LogP) is 1.10. The van der Waals surface area contributed by atoms with E-state index in [9.17, 15) is 14.4 Å². The normalized spacial score (nSPS) is 10.1. The summed E-state index contributed by atoms with van der Waals surface area (Å²) < 4.78 is 4.69. The van der Waals surface area contributed by atoms with Gasteiger partial charge in [-0.2, -0.15) is 0 Å². The standard InChI is InChI=1S/C14H16N2O4/c1-3-4-13(18)20-9-12(17)16-11-7-5-10(6-8-11)14(19)15-2/h3-8H,9H2,1-2H3,(H,15,19)(H,16,17)/b4-3+. The van der Waals surface area contributed by atoms with Crippen LogP contribution < -0.4 is 10.6 Å². The third-order valence-electron chi connectivity index (χ3n) is 2.31. The lowest BCUT2D eigenvalue weighted by Gasteiger charge is -2.06. The van der Waals surface area contributed by atoms with Crippen molar-refractivity contribution < 1.29 is 19.1 Å². The molecule has 0 heterocycles. The SMILES string of the molecule is C/C=C/C(=O)OCC(=O)Nc1ccc(C(=O)NC)cc1. The second-order valence-corrected chi connectivity index (χ2v) is 3.81. The summed E-state index contributed by atoms with van der Waals surface area (Å²) in [6.07, 6.45) is 2.75. The number of nitrogens with one attached hydrogen (secondary N) is 2. The number of hydrogen-bond acceptors (Lipinski definition) is 4. The summed E-state index contributed by atoms with van der Waals surface area (Å²) in [6, 6.07) is 6.35. The molecule has 0 atom stereocenters. The molecule has 0 bridgehead atoms.